The fourth-order valence-electron chi connectivity index (χ4n) is 2.77. The normalized spacial score (nSPS) is 26.4. The van der Waals surface area contributed by atoms with Gasteiger partial charge in [-0.05, 0) is 24.7 Å². The molecule has 0 amide bonds. The van der Waals surface area contributed by atoms with Gasteiger partial charge in [-0.3, -0.25) is 0 Å². The lowest BCUT2D eigenvalue weighted by Crippen LogP contribution is -2.24. The van der Waals surface area contributed by atoms with E-state index in [1.54, 1.807) is 0 Å². The zero-order chi connectivity index (χ0) is 14.0. The van der Waals surface area contributed by atoms with Crippen LogP contribution < -0.4 is 5.32 Å². The first-order valence-corrected chi connectivity index (χ1v) is 7.77. The highest BCUT2D eigenvalue weighted by molar-refractivity contribution is 7.18. The van der Waals surface area contributed by atoms with E-state index in [0.29, 0.717) is 22.0 Å². The van der Waals surface area contributed by atoms with E-state index in [0.717, 1.165) is 12.3 Å². The van der Waals surface area contributed by atoms with E-state index in [1.165, 1.54) is 31.3 Å². The highest BCUT2D eigenvalue weighted by atomic mass is 35.5. The zero-order valence-electron chi connectivity index (χ0n) is 11.4. The molecule has 19 heavy (non-hydrogen) atoms. The van der Waals surface area contributed by atoms with Gasteiger partial charge in [-0.15, -0.1) is 0 Å². The highest BCUT2D eigenvalue weighted by Gasteiger charge is 2.32. The Labute approximate surface area is 122 Å². The molecule has 1 aromatic rings. The number of thiazole rings is 1. The Morgan fingerprint density at radius 2 is 2.32 bits per heavy atom. The predicted molar refractivity (Wildman–Crippen MR) is 78.1 cm³/mol. The van der Waals surface area contributed by atoms with Gasteiger partial charge in [0.2, 0.25) is 0 Å². The van der Waals surface area contributed by atoms with Gasteiger partial charge in [0, 0.05) is 6.04 Å². The van der Waals surface area contributed by atoms with Crippen molar-refractivity contribution in [3.05, 3.63) is 10.0 Å². The maximum Gasteiger partial charge on any atom is 0.351 e. The minimum Gasteiger partial charge on any atom is -0.465 e. The lowest BCUT2D eigenvalue weighted by atomic mass is 9.94. The van der Waals surface area contributed by atoms with Crippen LogP contribution in [0.3, 0.4) is 0 Å². The number of nitrogens with zero attached hydrogens (tertiary/aromatic N) is 1. The Hall–Kier alpha value is -0.810. The summed E-state index contributed by atoms with van der Waals surface area (Å²) in [5, 5.41) is 4.34. The van der Waals surface area contributed by atoms with E-state index in [2.05, 4.69) is 28.9 Å². The SMILES string of the molecule is CCC1CCC(Nc2nc(Cl)c(C(=O)OC)s2)C1C. The maximum absolute atomic E-state index is 11.5. The Morgan fingerprint density at radius 1 is 1.58 bits per heavy atom. The number of nitrogens with one attached hydrogen (secondary N) is 1. The fourth-order valence-corrected chi connectivity index (χ4v) is 3.93. The van der Waals surface area contributed by atoms with Crippen LogP contribution in [0, 0.1) is 11.8 Å². The second kappa shape index (κ2) is 6.09. The summed E-state index contributed by atoms with van der Waals surface area (Å²) in [6.45, 7) is 4.51. The Kier molecular flexibility index (Phi) is 4.68. The third-order valence-electron chi connectivity index (χ3n) is 4.02. The van der Waals surface area contributed by atoms with Gasteiger partial charge in [0.1, 0.15) is 0 Å². The zero-order valence-corrected chi connectivity index (χ0v) is 13.0. The lowest BCUT2D eigenvalue weighted by molar-refractivity contribution is 0.0606. The smallest absolute Gasteiger partial charge is 0.351 e. The number of esters is 1. The highest BCUT2D eigenvalue weighted by Crippen LogP contribution is 2.37. The van der Waals surface area contributed by atoms with Crippen molar-refractivity contribution in [2.75, 3.05) is 12.4 Å². The molecule has 3 unspecified atom stereocenters. The van der Waals surface area contributed by atoms with Crippen molar-refractivity contribution in [1.29, 1.82) is 0 Å². The lowest BCUT2D eigenvalue weighted by Gasteiger charge is -2.20. The first kappa shape index (κ1) is 14.6. The first-order valence-electron chi connectivity index (χ1n) is 6.58. The van der Waals surface area contributed by atoms with Gasteiger partial charge >= 0.3 is 5.97 Å². The maximum atomic E-state index is 11.5. The molecule has 0 spiro atoms. The van der Waals surface area contributed by atoms with Crippen LogP contribution in [-0.2, 0) is 4.74 Å². The van der Waals surface area contributed by atoms with E-state index < -0.39 is 5.97 Å². The van der Waals surface area contributed by atoms with Crippen molar-refractivity contribution in [1.82, 2.24) is 4.98 Å². The number of aromatic nitrogens is 1. The molecule has 0 aromatic carbocycles. The number of hydrogen-bond donors (Lipinski definition) is 1. The van der Waals surface area contributed by atoms with Crippen molar-refractivity contribution in [2.24, 2.45) is 11.8 Å². The molecule has 2 rings (SSSR count). The minimum absolute atomic E-state index is 0.219. The number of carbonyl (C=O) groups is 1. The van der Waals surface area contributed by atoms with Gasteiger partial charge in [0.15, 0.2) is 15.2 Å². The van der Waals surface area contributed by atoms with Crippen molar-refractivity contribution in [3.63, 3.8) is 0 Å². The van der Waals surface area contributed by atoms with Crippen molar-refractivity contribution >= 4 is 34.0 Å². The molecule has 0 saturated heterocycles. The van der Waals surface area contributed by atoms with Crippen LogP contribution in [0.5, 0.6) is 0 Å². The molecule has 3 atom stereocenters. The van der Waals surface area contributed by atoms with Gasteiger partial charge < -0.3 is 10.1 Å². The molecule has 0 bridgehead atoms. The number of methoxy groups -OCH3 is 1. The molecule has 0 aliphatic heterocycles. The number of ether oxygens (including phenoxy) is 1. The third-order valence-corrected chi connectivity index (χ3v) is 5.37. The van der Waals surface area contributed by atoms with Gasteiger partial charge in [0.25, 0.3) is 0 Å². The summed E-state index contributed by atoms with van der Waals surface area (Å²) < 4.78 is 4.68. The fraction of sp³-hybridized carbons (Fsp3) is 0.692. The van der Waals surface area contributed by atoms with Gasteiger partial charge in [-0.1, -0.05) is 43.2 Å². The summed E-state index contributed by atoms with van der Waals surface area (Å²) in [6.07, 6.45) is 3.61. The van der Waals surface area contributed by atoms with E-state index in [9.17, 15) is 4.79 Å². The number of halogens is 1. The first-order chi connectivity index (χ1) is 9.06. The van der Waals surface area contributed by atoms with Gasteiger partial charge in [-0.25, -0.2) is 9.78 Å². The second-order valence-electron chi connectivity index (χ2n) is 4.99. The Bertz CT molecular complexity index is 463. The van der Waals surface area contributed by atoms with Crippen LogP contribution in [0.15, 0.2) is 0 Å². The molecule has 1 N–H and O–H groups in total. The summed E-state index contributed by atoms with van der Waals surface area (Å²) in [5.74, 6) is 0.962. The van der Waals surface area contributed by atoms with Crippen LogP contribution >= 0.6 is 22.9 Å². The summed E-state index contributed by atoms with van der Waals surface area (Å²) in [5.41, 5.74) is 0. The molecule has 1 aromatic heterocycles. The molecule has 4 nitrogen and oxygen atoms in total. The molecule has 1 saturated carbocycles. The summed E-state index contributed by atoms with van der Waals surface area (Å²) >= 11 is 7.22. The monoisotopic (exact) mass is 302 g/mol. The number of anilines is 1. The topological polar surface area (TPSA) is 51.2 Å². The van der Waals surface area contributed by atoms with Crippen molar-refractivity contribution in [3.8, 4) is 0 Å². The van der Waals surface area contributed by atoms with Crippen LogP contribution in [0.1, 0.15) is 42.8 Å². The Morgan fingerprint density at radius 3 is 2.89 bits per heavy atom. The minimum atomic E-state index is -0.429. The summed E-state index contributed by atoms with van der Waals surface area (Å²) in [6, 6.07) is 0.415. The van der Waals surface area contributed by atoms with E-state index in [4.69, 9.17) is 11.6 Å². The third kappa shape index (κ3) is 3.03. The average molecular weight is 303 g/mol. The van der Waals surface area contributed by atoms with Crippen LogP contribution in [0.4, 0.5) is 5.13 Å². The number of carbonyl (C=O) groups excluding carboxylic acids is 1. The molecule has 1 fully saturated rings. The molecular weight excluding hydrogens is 284 g/mol. The van der Waals surface area contributed by atoms with Crippen molar-refractivity contribution in [2.45, 2.75) is 39.2 Å². The number of hydrogen-bond acceptors (Lipinski definition) is 5. The van der Waals surface area contributed by atoms with E-state index >= 15 is 0 Å². The van der Waals surface area contributed by atoms with E-state index in [-0.39, 0.29) is 5.15 Å². The van der Waals surface area contributed by atoms with Crippen LogP contribution in [-0.4, -0.2) is 24.1 Å². The van der Waals surface area contributed by atoms with Crippen molar-refractivity contribution < 1.29 is 9.53 Å². The number of rotatable bonds is 4. The van der Waals surface area contributed by atoms with Gasteiger partial charge in [0.05, 0.1) is 7.11 Å². The average Bonchev–Trinajstić information content (AvgIpc) is 2.93. The van der Waals surface area contributed by atoms with E-state index in [1.807, 2.05) is 0 Å². The summed E-state index contributed by atoms with van der Waals surface area (Å²) in [7, 11) is 1.34. The molecule has 106 valence electrons. The molecular formula is C13H19ClN2O2S. The molecule has 1 aliphatic carbocycles. The quantitative estimate of drug-likeness (QED) is 0.859. The largest absolute Gasteiger partial charge is 0.465 e. The molecule has 1 heterocycles. The molecule has 0 radical (unpaired) electrons. The Balaban J connectivity index is 2.06. The second-order valence-corrected chi connectivity index (χ2v) is 6.34. The predicted octanol–water partition coefficient (Wildman–Crippen LogP) is 3.82. The summed E-state index contributed by atoms with van der Waals surface area (Å²) in [4.78, 5) is 16.0. The van der Waals surface area contributed by atoms with Crippen LogP contribution in [0.2, 0.25) is 5.15 Å². The molecule has 1 aliphatic rings. The van der Waals surface area contributed by atoms with Crippen LogP contribution in [0.25, 0.3) is 0 Å². The molecule has 6 heteroatoms. The standard InChI is InChI=1S/C13H19ClN2O2S/c1-4-8-5-6-9(7(8)2)15-13-16-11(14)10(19-13)12(17)18-3/h7-9H,4-6H2,1-3H3,(H,15,16). The van der Waals surface area contributed by atoms with Gasteiger partial charge in [-0.2, -0.15) is 0 Å².